The van der Waals surface area contributed by atoms with Crippen LogP contribution in [0.25, 0.3) is 0 Å². The average molecular weight is 293 g/mol. The van der Waals surface area contributed by atoms with Gasteiger partial charge in [0.05, 0.1) is 19.9 Å². The van der Waals surface area contributed by atoms with E-state index >= 15 is 0 Å². The van der Waals surface area contributed by atoms with Gasteiger partial charge in [-0.3, -0.25) is 9.48 Å². The summed E-state index contributed by atoms with van der Waals surface area (Å²) in [5.41, 5.74) is 0.636. The first kappa shape index (κ1) is 16.0. The number of Topliss-reactive ketones (excluding diaryl/α,β-unsaturated/α-hetero) is 1. The van der Waals surface area contributed by atoms with Crippen molar-refractivity contribution in [1.29, 1.82) is 0 Å². The fraction of sp³-hybridized carbons (Fsp3) is 0.750. The third-order valence-corrected chi connectivity index (χ3v) is 4.30. The zero-order valence-electron chi connectivity index (χ0n) is 13.5. The van der Waals surface area contributed by atoms with Crippen LogP contribution in [-0.4, -0.2) is 48.2 Å². The molecule has 0 spiro atoms. The van der Waals surface area contributed by atoms with Crippen LogP contribution in [0, 0.1) is 5.92 Å². The molecule has 0 radical (unpaired) electrons. The summed E-state index contributed by atoms with van der Waals surface area (Å²) < 4.78 is 7.10. The van der Waals surface area contributed by atoms with Gasteiger partial charge in [0.2, 0.25) is 0 Å². The Morgan fingerprint density at radius 1 is 1.43 bits per heavy atom. The lowest BCUT2D eigenvalue weighted by atomic mass is 9.99. The van der Waals surface area contributed by atoms with Gasteiger partial charge in [-0.1, -0.05) is 25.7 Å². The van der Waals surface area contributed by atoms with Crippen LogP contribution in [0.15, 0.2) is 6.20 Å². The number of carbonyl (C=O) groups is 1. The van der Waals surface area contributed by atoms with E-state index in [4.69, 9.17) is 4.74 Å². The van der Waals surface area contributed by atoms with Crippen molar-refractivity contribution in [3.63, 3.8) is 0 Å². The molecule has 5 heteroatoms. The van der Waals surface area contributed by atoms with E-state index in [-0.39, 0.29) is 5.78 Å². The summed E-state index contributed by atoms with van der Waals surface area (Å²) in [5.74, 6) is 1.50. The van der Waals surface area contributed by atoms with E-state index in [2.05, 4.69) is 10.00 Å². The zero-order valence-corrected chi connectivity index (χ0v) is 13.5. The van der Waals surface area contributed by atoms with Crippen molar-refractivity contribution in [2.24, 2.45) is 5.92 Å². The van der Waals surface area contributed by atoms with Crippen LogP contribution in [0.2, 0.25) is 0 Å². The van der Waals surface area contributed by atoms with Crippen molar-refractivity contribution < 1.29 is 9.53 Å². The largest absolute Gasteiger partial charge is 0.493 e. The summed E-state index contributed by atoms with van der Waals surface area (Å²) in [6.07, 6.45) is 8.47. The van der Waals surface area contributed by atoms with Gasteiger partial charge in [-0.05, 0) is 26.4 Å². The first-order valence-electron chi connectivity index (χ1n) is 7.89. The lowest BCUT2D eigenvalue weighted by Crippen LogP contribution is -2.21. The Hall–Kier alpha value is -1.36. The first-order valence-corrected chi connectivity index (χ1v) is 7.89. The number of carbonyl (C=O) groups excluding carboxylic acids is 1. The lowest BCUT2D eigenvalue weighted by molar-refractivity contribution is 0.0959. The number of hydrogen-bond acceptors (Lipinski definition) is 4. The average Bonchev–Trinajstić information content (AvgIpc) is 3.11. The monoisotopic (exact) mass is 293 g/mol. The highest BCUT2D eigenvalue weighted by atomic mass is 16.5. The van der Waals surface area contributed by atoms with Gasteiger partial charge in [0.1, 0.15) is 5.69 Å². The maximum Gasteiger partial charge on any atom is 0.184 e. The van der Waals surface area contributed by atoms with Crippen LogP contribution in [0.5, 0.6) is 5.75 Å². The molecule has 1 fully saturated rings. The van der Waals surface area contributed by atoms with Crippen molar-refractivity contribution >= 4 is 5.78 Å². The predicted molar refractivity (Wildman–Crippen MR) is 82.9 cm³/mol. The molecule has 0 atom stereocenters. The molecular formula is C16H27N3O2. The normalized spacial score (nSPS) is 15.8. The number of aromatic nitrogens is 2. The molecule has 1 aliphatic carbocycles. The number of methoxy groups -OCH3 is 1. The molecule has 0 amide bonds. The van der Waals surface area contributed by atoms with Crippen molar-refractivity contribution in [3.05, 3.63) is 11.9 Å². The maximum absolute atomic E-state index is 12.6. The van der Waals surface area contributed by atoms with Gasteiger partial charge < -0.3 is 9.64 Å². The molecule has 1 heterocycles. The van der Waals surface area contributed by atoms with Gasteiger partial charge in [0.25, 0.3) is 0 Å². The standard InChI is InChI=1S/C16H27N3O2/c1-18(2)10-11-19-16(15(21-3)12-17-19)14(20)9-8-13-6-4-5-7-13/h12-13H,4-11H2,1-3H3. The molecular weight excluding hydrogens is 266 g/mol. The predicted octanol–water partition coefficient (Wildman–Crippen LogP) is 2.61. The van der Waals surface area contributed by atoms with Crippen molar-refractivity contribution in [2.45, 2.75) is 45.1 Å². The van der Waals surface area contributed by atoms with Crippen molar-refractivity contribution in [3.8, 4) is 5.75 Å². The molecule has 0 aliphatic heterocycles. The SMILES string of the molecule is COc1cnn(CCN(C)C)c1C(=O)CCC1CCCC1. The van der Waals surface area contributed by atoms with E-state index in [1.807, 2.05) is 14.1 Å². The number of rotatable bonds is 8. The van der Waals surface area contributed by atoms with Crippen LogP contribution < -0.4 is 4.74 Å². The summed E-state index contributed by atoms with van der Waals surface area (Å²) in [5, 5.41) is 4.30. The molecule has 2 rings (SSSR count). The van der Waals surface area contributed by atoms with E-state index in [9.17, 15) is 4.79 Å². The second-order valence-corrected chi connectivity index (χ2v) is 6.20. The molecule has 1 aromatic rings. The Kier molecular flexibility index (Phi) is 5.79. The molecule has 1 saturated carbocycles. The second-order valence-electron chi connectivity index (χ2n) is 6.20. The molecule has 118 valence electrons. The van der Waals surface area contributed by atoms with E-state index in [1.54, 1.807) is 18.0 Å². The fourth-order valence-corrected chi connectivity index (χ4v) is 3.02. The summed E-state index contributed by atoms with van der Waals surface area (Å²) in [4.78, 5) is 14.6. The van der Waals surface area contributed by atoms with E-state index in [0.29, 0.717) is 24.4 Å². The number of nitrogens with zero attached hydrogens (tertiary/aromatic N) is 3. The van der Waals surface area contributed by atoms with E-state index in [0.717, 1.165) is 18.9 Å². The molecule has 1 aromatic heterocycles. The van der Waals surface area contributed by atoms with Gasteiger partial charge in [-0.25, -0.2) is 0 Å². The molecule has 5 nitrogen and oxygen atoms in total. The third kappa shape index (κ3) is 4.30. The van der Waals surface area contributed by atoms with Crippen LogP contribution in [0.1, 0.15) is 49.0 Å². The van der Waals surface area contributed by atoms with Crippen LogP contribution >= 0.6 is 0 Å². The topological polar surface area (TPSA) is 47.4 Å². The maximum atomic E-state index is 12.6. The van der Waals surface area contributed by atoms with Crippen molar-refractivity contribution in [1.82, 2.24) is 14.7 Å². The van der Waals surface area contributed by atoms with Gasteiger partial charge >= 0.3 is 0 Å². The molecule has 1 aliphatic rings. The Bertz CT molecular complexity index is 462. The Morgan fingerprint density at radius 3 is 2.76 bits per heavy atom. The fourth-order valence-electron chi connectivity index (χ4n) is 3.02. The Balaban J connectivity index is 2.00. The molecule has 21 heavy (non-hydrogen) atoms. The number of hydrogen-bond donors (Lipinski definition) is 0. The smallest absolute Gasteiger partial charge is 0.184 e. The number of likely N-dealkylation sites (N-methyl/N-ethyl adjacent to an activating group) is 1. The highest BCUT2D eigenvalue weighted by Gasteiger charge is 2.22. The van der Waals surface area contributed by atoms with Gasteiger partial charge in [-0.2, -0.15) is 5.10 Å². The number of ether oxygens (including phenoxy) is 1. The summed E-state index contributed by atoms with van der Waals surface area (Å²) in [6, 6.07) is 0. The molecule has 0 bridgehead atoms. The minimum Gasteiger partial charge on any atom is -0.493 e. The molecule has 0 N–H and O–H groups in total. The molecule has 0 saturated heterocycles. The van der Waals surface area contributed by atoms with Crippen molar-refractivity contribution in [2.75, 3.05) is 27.7 Å². The summed E-state index contributed by atoms with van der Waals surface area (Å²) >= 11 is 0. The van der Waals surface area contributed by atoms with Crippen LogP contribution in [-0.2, 0) is 6.54 Å². The third-order valence-electron chi connectivity index (χ3n) is 4.30. The second kappa shape index (κ2) is 7.59. The van der Waals surface area contributed by atoms with Crippen LogP contribution in [0.4, 0.5) is 0 Å². The lowest BCUT2D eigenvalue weighted by Gasteiger charge is -2.13. The van der Waals surface area contributed by atoms with E-state index < -0.39 is 0 Å². The minimum atomic E-state index is 0.162. The van der Waals surface area contributed by atoms with Gasteiger partial charge in [0.15, 0.2) is 11.5 Å². The highest BCUT2D eigenvalue weighted by molar-refractivity contribution is 5.97. The zero-order chi connectivity index (χ0) is 15.2. The Morgan fingerprint density at radius 2 is 2.14 bits per heavy atom. The highest BCUT2D eigenvalue weighted by Crippen LogP contribution is 2.30. The quantitative estimate of drug-likeness (QED) is 0.691. The van der Waals surface area contributed by atoms with Gasteiger partial charge in [0, 0.05) is 13.0 Å². The molecule has 0 unspecified atom stereocenters. The minimum absolute atomic E-state index is 0.162. The summed E-state index contributed by atoms with van der Waals surface area (Å²) in [6.45, 7) is 1.56. The van der Waals surface area contributed by atoms with Gasteiger partial charge in [-0.15, -0.1) is 0 Å². The Labute approximate surface area is 127 Å². The first-order chi connectivity index (χ1) is 10.1. The summed E-state index contributed by atoms with van der Waals surface area (Å²) in [7, 11) is 5.63. The molecule has 0 aromatic carbocycles. The number of ketones is 1. The van der Waals surface area contributed by atoms with E-state index in [1.165, 1.54) is 25.7 Å². The van der Waals surface area contributed by atoms with Crippen LogP contribution in [0.3, 0.4) is 0 Å².